The predicted molar refractivity (Wildman–Crippen MR) is 142 cm³/mol. The first-order valence-electron chi connectivity index (χ1n) is 13.3. The Hall–Kier alpha value is -2.57. The zero-order valence-electron chi connectivity index (χ0n) is 21.3. The summed E-state index contributed by atoms with van der Waals surface area (Å²) >= 11 is 1.25. The molecule has 3 aliphatic carbocycles. The Kier molecular flexibility index (Phi) is 6.50. The van der Waals surface area contributed by atoms with Gasteiger partial charge in [-0.1, -0.05) is 50.5 Å². The summed E-state index contributed by atoms with van der Waals surface area (Å²) in [7, 11) is -4.57. The van der Waals surface area contributed by atoms with E-state index in [0.29, 0.717) is 34.2 Å². The van der Waals surface area contributed by atoms with Crippen LogP contribution in [-0.4, -0.2) is 42.0 Å². The summed E-state index contributed by atoms with van der Waals surface area (Å²) in [5.41, 5.74) is -1.06. The zero-order chi connectivity index (χ0) is 27.6. The molecule has 0 radical (unpaired) electrons. The number of rotatable bonds is 8. The lowest BCUT2D eigenvalue weighted by atomic mass is 9.81. The molecule has 1 aromatic carbocycles. The fourth-order valence-electron chi connectivity index (χ4n) is 5.47. The number of sulfonamides is 1. The van der Waals surface area contributed by atoms with Crippen molar-refractivity contribution in [3.8, 4) is 10.4 Å². The molecule has 3 aliphatic rings. The molecule has 12 heteroatoms. The number of pyridine rings is 1. The average Bonchev–Trinajstić information content (AvgIpc) is 3.49. The van der Waals surface area contributed by atoms with Gasteiger partial charge in [0, 0.05) is 23.2 Å². The molecule has 1 amide bonds. The number of hydrogen-bond acceptors (Lipinski definition) is 6. The molecule has 0 aliphatic heterocycles. The van der Waals surface area contributed by atoms with Gasteiger partial charge in [0.15, 0.2) is 10.0 Å². The number of alkyl halides is 3. The maximum Gasteiger partial charge on any atom is 0.407 e. The van der Waals surface area contributed by atoms with Crippen LogP contribution in [0.15, 0.2) is 35.5 Å². The molecule has 3 aromatic rings. The van der Waals surface area contributed by atoms with Gasteiger partial charge in [0.05, 0.1) is 10.6 Å². The van der Waals surface area contributed by atoms with E-state index in [1.54, 1.807) is 24.3 Å². The van der Waals surface area contributed by atoms with Crippen LogP contribution in [-0.2, 0) is 16.4 Å². The van der Waals surface area contributed by atoms with Crippen molar-refractivity contribution in [2.45, 2.75) is 81.1 Å². The van der Waals surface area contributed by atoms with Crippen LogP contribution in [0.2, 0.25) is 0 Å². The van der Waals surface area contributed by atoms with Gasteiger partial charge in [0.25, 0.3) is 15.9 Å². The first-order valence-corrected chi connectivity index (χ1v) is 15.6. The van der Waals surface area contributed by atoms with Gasteiger partial charge in [-0.05, 0) is 49.3 Å². The Balaban J connectivity index is 1.39. The monoisotopic (exact) mass is 578 g/mol. The highest BCUT2D eigenvalue weighted by Gasteiger charge is 2.65. The van der Waals surface area contributed by atoms with Crippen LogP contribution in [0.5, 0.6) is 0 Å². The second-order valence-electron chi connectivity index (χ2n) is 11.3. The van der Waals surface area contributed by atoms with Crippen molar-refractivity contribution in [3.63, 3.8) is 0 Å². The summed E-state index contributed by atoms with van der Waals surface area (Å²) < 4.78 is 68.8. The van der Waals surface area contributed by atoms with Crippen LogP contribution < -0.4 is 10.0 Å². The third-order valence-electron chi connectivity index (χ3n) is 8.19. The normalized spacial score (nSPS) is 22.8. The maximum atomic E-state index is 13.5. The van der Waals surface area contributed by atoms with Crippen LogP contribution in [0.25, 0.3) is 21.2 Å². The zero-order valence-corrected chi connectivity index (χ0v) is 23.0. The fourth-order valence-corrected chi connectivity index (χ4v) is 8.08. The van der Waals surface area contributed by atoms with Crippen LogP contribution in [0.3, 0.4) is 0 Å². The summed E-state index contributed by atoms with van der Waals surface area (Å²) in [4.78, 5) is 22.7. The molecule has 2 N–H and O–H groups in total. The SMILES string of the molecule is CC1CC(NC(=O)c2nc(CC3CCC3)c(-c3cnc(S(=O)(=O)NC4(C(F)(F)F)CC4)c4ccccc34)s2)C1. The summed E-state index contributed by atoms with van der Waals surface area (Å²) in [5.74, 6) is 0.832. The summed E-state index contributed by atoms with van der Waals surface area (Å²) in [6, 6.07) is 6.78. The van der Waals surface area contributed by atoms with E-state index >= 15 is 0 Å². The van der Waals surface area contributed by atoms with Crippen molar-refractivity contribution in [1.82, 2.24) is 20.0 Å². The Morgan fingerprint density at radius 2 is 1.85 bits per heavy atom. The van der Waals surface area contributed by atoms with E-state index in [2.05, 4.69) is 17.2 Å². The van der Waals surface area contributed by atoms with Gasteiger partial charge < -0.3 is 5.32 Å². The van der Waals surface area contributed by atoms with Gasteiger partial charge in [-0.25, -0.2) is 18.4 Å². The molecule has 0 bridgehead atoms. The predicted octanol–water partition coefficient (Wildman–Crippen LogP) is 5.60. The lowest BCUT2D eigenvalue weighted by Gasteiger charge is -2.32. The van der Waals surface area contributed by atoms with Crippen LogP contribution in [0.4, 0.5) is 13.2 Å². The molecule has 3 saturated carbocycles. The minimum Gasteiger partial charge on any atom is -0.347 e. The number of halogens is 3. The van der Waals surface area contributed by atoms with Crippen molar-refractivity contribution in [1.29, 1.82) is 0 Å². The highest BCUT2D eigenvalue weighted by Crippen LogP contribution is 2.50. The van der Waals surface area contributed by atoms with E-state index in [-0.39, 0.29) is 30.2 Å². The van der Waals surface area contributed by atoms with Crippen molar-refractivity contribution in [3.05, 3.63) is 41.2 Å². The van der Waals surface area contributed by atoms with Crippen LogP contribution >= 0.6 is 11.3 Å². The van der Waals surface area contributed by atoms with Crippen LogP contribution in [0, 0.1) is 11.8 Å². The molecule has 7 nitrogen and oxygen atoms in total. The molecule has 2 heterocycles. The topological polar surface area (TPSA) is 101 Å². The number of nitrogens with zero attached hydrogens (tertiary/aromatic N) is 2. The van der Waals surface area contributed by atoms with E-state index in [1.807, 2.05) is 4.72 Å². The number of thiazole rings is 1. The minimum absolute atomic E-state index is 0.140. The Morgan fingerprint density at radius 1 is 1.15 bits per heavy atom. The average molecular weight is 579 g/mol. The van der Waals surface area contributed by atoms with E-state index in [9.17, 15) is 26.4 Å². The van der Waals surface area contributed by atoms with Gasteiger partial charge in [-0.3, -0.25) is 4.79 Å². The van der Waals surface area contributed by atoms with E-state index in [4.69, 9.17) is 4.98 Å². The summed E-state index contributed by atoms with van der Waals surface area (Å²) in [6.45, 7) is 2.14. The number of carbonyl (C=O) groups excluding carboxylic acids is 1. The molecular formula is C27H29F3N4O3S2. The molecule has 2 aromatic heterocycles. The van der Waals surface area contributed by atoms with E-state index in [1.165, 1.54) is 17.5 Å². The van der Waals surface area contributed by atoms with Crippen LogP contribution in [0.1, 0.15) is 67.4 Å². The number of benzene rings is 1. The smallest absolute Gasteiger partial charge is 0.347 e. The van der Waals surface area contributed by atoms with Gasteiger partial charge in [-0.15, -0.1) is 11.3 Å². The minimum atomic E-state index is -4.69. The molecule has 0 spiro atoms. The maximum absolute atomic E-state index is 13.5. The third-order valence-corrected chi connectivity index (χ3v) is 10.8. The number of aromatic nitrogens is 2. The Labute approximate surface area is 228 Å². The van der Waals surface area contributed by atoms with Gasteiger partial charge >= 0.3 is 6.18 Å². The highest BCUT2D eigenvalue weighted by molar-refractivity contribution is 7.89. The number of hydrogen-bond donors (Lipinski definition) is 2. The molecule has 39 heavy (non-hydrogen) atoms. The van der Waals surface area contributed by atoms with Gasteiger partial charge in [-0.2, -0.15) is 17.9 Å². The van der Waals surface area contributed by atoms with Crippen molar-refractivity contribution < 1.29 is 26.4 Å². The van der Waals surface area contributed by atoms with Crippen molar-refractivity contribution in [2.75, 3.05) is 0 Å². The number of carbonyl (C=O) groups is 1. The molecule has 0 atom stereocenters. The highest BCUT2D eigenvalue weighted by atomic mass is 32.2. The molecular weight excluding hydrogens is 549 g/mol. The lowest BCUT2D eigenvalue weighted by Crippen LogP contribution is -2.47. The molecule has 0 unspecified atom stereocenters. The Bertz CT molecular complexity index is 1540. The second-order valence-corrected chi connectivity index (χ2v) is 13.8. The van der Waals surface area contributed by atoms with Gasteiger partial charge in [0.2, 0.25) is 0 Å². The lowest BCUT2D eigenvalue weighted by molar-refractivity contribution is -0.160. The van der Waals surface area contributed by atoms with Crippen molar-refractivity contribution >= 4 is 38.0 Å². The van der Waals surface area contributed by atoms with Crippen molar-refractivity contribution in [2.24, 2.45) is 11.8 Å². The third kappa shape index (κ3) is 4.95. The molecule has 3 fully saturated rings. The Morgan fingerprint density at radius 3 is 2.44 bits per heavy atom. The standard InChI is InChI=1S/C27H29F3N4O3S2/c1-15-11-17(12-15)32-23(35)24-33-21(13-16-5-4-6-16)22(38-24)20-14-31-25(19-8-3-2-7-18(19)20)39(36,37)34-26(9-10-26)27(28,29)30/h2-3,7-8,14-17,34H,4-6,9-13H2,1H3,(H,32,35). The number of nitrogens with one attached hydrogen (secondary N) is 2. The molecule has 208 valence electrons. The quantitative estimate of drug-likeness (QED) is 0.362. The largest absolute Gasteiger partial charge is 0.407 e. The first-order chi connectivity index (χ1) is 18.5. The summed E-state index contributed by atoms with van der Waals surface area (Å²) in [6.07, 6.45) is 1.98. The van der Waals surface area contributed by atoms with E-state index in [0.717, 1.165) is 42.7 Å². The number of amides is 1. The second kappa shape index (κ2) is 9.52. The fraction of sp³-hybridized carbons (Fsp3) is 0.519. The number of fused-ring (bicyclic) bond motifs is 1. The first kappa shape index (κ1) is 26.6. The molecule has 0 saturated heterocycles. The van der Waals surface area contributed by atoms with Gasteiger partial charge in [0.1, 0.15) is 5.54 Å². The summed E-state index contributed by atoms with van der Waals surface area (Å²) in [5, 5.41) is 3.71. The van der Waals surface area contributed by atoms with E-state index < -0.39 is 26.8 Å². The molecule has 6 rings (SSSR count).